The summed E-state index contributed by atoms with van der Waals surface area (Å²) in [5, 5.41) is 13.7. The lowest BCUT2D eigenvalue weighted by Crippen LogP contribution is -1.94. The third-order valence-corrected chi connectivity index (χ3v) is 2.95. The standard InChI is InChI=1S/C16H18N2O3/c1-3-18-11-13(10-17-18)14(19)7-5-12-6-8-15(20)16(9-12)21-4-2/h5-11,20H,3-4H2,1-2H3/b7-5-. The van der Waals surface area contributed by atoms with E-state index in [-0.39, 0.29) is 11.5 Å². The minimum absolute atomic E-state index is 0.0875. The highest BCUT2D eigenvalue weighted by molar-refractivity contribution is 6.06. The van der Waals surface area contributed by atoms with E-state index in [1.165, 1.54) is 6.08 Å². The van der Waals surface area contributed by atoms with E-state index < -0.39 is 0 Å². The number of hydrogen-bond acceptors (Lipinski definition) is 4. The molecule has 21 heavy (non-hydrogen) atoms. The molecule has 1 heterocycles. The quantitative estimate of drug-likeness (QED) is 0.655. The van der Waals surface area contributed by atoms with Crippen LogP contribution < -0.4 is 4.74 Å². The van der Waals surface area contributed by atoms with Crippen molar-refractivity contribution in [2.75, 3.05) is 6.61 Å². The van der Waals surface area contributed by atoms with Crippen LogP contribution in [-0.2, 0) is 6.54 Å². The number of nitrogens with zero attached hydrogens (tertiary/aromatic N) is 2. The zero-order chi connectivity index (χ0) is 15.2. The molecule has 0 aliphatic rings. The second-order valence-electron chi connectivity index (χ2n) is 4.44. The Kier molecular flexibility index (Phi) is 4.77. The second kappa shape index (κ2) is 6.74. The van der Waals surface area contributed by atoms with Gasteiger partial charge in [-0.1, -0.05) is 12.1 Å². The topological polar surface area (TPSA) is 64.3 Å². The zero-order valence-corrected chi connectivity index (χ0v) is 12.1. The lowest BCUT2D eigenvalue weighted by molar-refractivity contribution is 0.104. The molecule has 2 aromatic rings. The van der Waals surface area contributed by atoms with Crippen LogP contribution in [0.15, 0.2) is 36.7 Å². The van der Waals surface area contributed by atoms with Crippen LogP contribution in [0.4, 0.5) is 0 Å². The van der Waals surface area contributed by atoms with E-state index in [9.17, 15) is 9.90 Å². The maximum absolute atomic E-state index is 12.0. The van der Waals surface area contributed by atoms with Crippen molar-refractivity contribution in [2.24, 2.45) is 0 Å². The number of hydrogen-bond donors (Lipinski definition) is 1. The third-order valence-electron chi connectivity index (χ3n) is 2.95. The predicted octanol–water partition coefficient (Wildman–Crippen LogP) is 2.90. The molecule has 0 fully saturated rings. The van der Waals surface area contributed by atoms with Gasteiger partial charge in [0.05, 0.1) is 18.4 Å². The monoisotopic (exact) mass is 286 g/mol. The number of allylic oxidation sites excluding steroid dienone is 1. The van der Waals surface area contributed by atoms with Gasteiger partial charge in [-0.2, -0.15) is 5.10 Å². The fourth-order valence-electron chi connectivity index (χ4n) is 1.84. The lowest BCUT2D eigenvalue weighted by atomic mass is 10.1. The summed E-state index contributed by atoms with van der Waals surface area (Å²) < 4.78 is 7.01. The van der Waals surface area contributed by atoms with Crippen molar-refractivity contribution in [3.8, 4) is 11.5 Å². The van der Waals surface area contributed by atoms with Crippen LogP contribution >= 0.6 is 0 Å². The number of carbonyl (C=O) groups excluding carboxylic acids is 1. The highest BCUT2D eigenvalue weighted by Gasteiger charge is 2.05. The smallest absolute Gasteiger partial charge is 0.189 e. The van der Waals surface area contributed by atoms with Crippen molar-refractivity contribution in [3.63, 3.8) is 0 Å². The first kappa shape index (κ1) is 14.8. The third kappa shape index (κ3) is 3.72. The fraction of sp³-hybridized carbons (Fsp3) is 0.250. The maximum atomic E-state index is 12.0. The van der Waals surface area contributed by atoms with Gasteiger partial charge in [0, 0.05) is 12.7 Å². The van der Waals surface area contributed by atoms with E-state index in [0.717, 1.165) is 12.1 Å². The number of ether oxygens (including phenoxy) is 1. The zero-order valence-electron chi connectivity index (χ0n) is 12.1. The van der Waals surface area contributed by atoms with Crippen molar-refractivity contribution in [3.05, 3.63) is 47.8 Å². The Balaban J connectivity index is 2.13. The summed E-state index contributed by atoms with van der Waals surface area (Å²) in [5.74, 6) is 0.385. The molecule has 0 saturated heterocycles. The molecule has 0 aliphatic carbocycles. The SMILES string of the molecule is CCOc1cc(/C=C\C(=O)c2cnn(CC)c2)ccc1O. The summed E-state index contributed by atoms with van der Waals surface area (Å²) in [6, 6.07) is 4.96. The van der Waals surface area contributed by atoms with E-state index in [1.807, 2.05) is 13.8 Å². The van der Waals surface area contributed by atoms with Crippen LogP contribution in [-0.4, -0.2) is 27.3 Å². The average molecular weight is 286 g/mol. The highest BCUT2D eigenvalue weighted by atomic mass is 16.5. The number of carbonyl (C=O) groups is 1. The molecule has 1 aromatic heterocycles. The number of aromatic nitrogens is 2. The Morgan fingerprint density at radius 1 is 1.43 bits per heavy atom. The normalized spacial score (nSPS) is 11.0. The maximum Gasteiger partial charge on any atom is 0.189 e. The molecule has 0 radical (unpaired) electrons. The second-order valence-corrected chi connectivity index (χ2v) is 4.44. The molecule has 0 amide bonds. The Morgan fingerprint density at radius 2 is 2.24 bits per heavy atom. The number of phenols is 1. The average Bonchev–Trinajstić information content (AvgIpc) is 2.97. The largest absolute Gasteiger partial charge is 0.504 e. The number of ketones is 1. The summed E-state index contributed by atoms with van der Waals surface area (Å²) in [7, 11) is 0. The molecule has 2 rings (SSSR count). The number of benzene rings is 1. The first-order valence-corrected chi connectivity index (χ1v) is 6.84. The van der Waals surface area contributed by atoms with Crippen molar-refractivity contribution in [1.29, 1.82) is 0 Å². The molecule has 0 spiro atoms. The Labute approximate surface area is 123 Å². The van der Waals surface area contributed by atoms with E-state index in [4.69, 9.17) is 4.74 Å². The number of aromatic hydroxyl groups is 1. The Morgan fingerprint density at radius 3 is 2.90 bits per heavy atom. The number of phenolic OH excluding ortho intramolecular Hbond substituents is 1. The molecule has 5 nitrogen and oxygen atoms in total. The molecule has 0 saturated carbocycles. The minimum atomic E-state index is -0.110. The number of aryl methyl sites for hydroxylation is 1. The fourth-order valence-corrected chi connectivity index (χ4v) is 1.84. The van der Waals surface area contributed by atoms with E-state index in [0.29, 0.717) is 17.9 Å². The van der Waals surface area contributed by atoms with E-state index in [2.05, 4.69) is 5.10 Å². The first-order valence-electron chi connectivity index (χ1n) is 6.84. The van der Waals surface area contributed by atoms with Gasteiger partial charge in [0.1, 0.15) is 0 Å². The molecule has 110 valence electrons. The molecular weight excluding hydrogens is 268 g/mol. The minimum Gasteiger partial charge on any atom is -0.504 e. The molecule has 0 unspecified atom stereocenters. The Bertz CT molecular complexity index is 659. The predicted molar refractivity (Wildman–Crippen MR) is 80.5 cm³/mol. The first-order chi connectivity index (χ1) is 10.1. The van der Waals surface area contributed by atoms with Crippen molar-refractivity contribution < 1.29 is 14.6 Å². The summed E-state index contributed by atoms with van der Waals surface area (Å²) in [6.45, 7) is 5.00. The molecule has 0 aliphatic heterocycles. The van der Waals surface area contributed by atoms with Gasteiger partial charge in [-0.3, -0.25) is 9.48 Å². The van der Waals surface area contributed by atoms with Crippen LogP contribution in [0.5, 0.6) is 11.5 Å². The van der Waals surface area contributed by atoms with Crippen molar-refractivity contribution in [1.82, 2.24) is 9.78 Å². The molecule has 1 N–H and O–H groups in total. The van der Waals surface area contributed by atoms with Gasteiger partial charge in [0.2, 0.25) is 0 Å². The van der Waals surface area contributed by atoms with Crippen molar-refractivity contribution in [2.45, 2.75) is 20.4 Å². The van der Waals surface area contributed by atoms with Crippen LogP contribution in [0.2, 0.25) is 0 Å². The van der Waals surface area contributed by atoms with Gasteiger partial charge < -0.3 is 9.84 Å². The highest BCUT2D eigenvalue weighted by Crippen LogP contribution is 2.27. The molecule has 0 atom stereocenters. The lowest BCUT2D eigenvalue weighted by Gasteiger charge is -2.06. The summed E-state index contributed by atoms with van der Waals surface area (Å²) in [4.78, 5) is 12.0. The van der Waals surface area contributed by atoms with Crippen LogP contribution in [0.1, 0.15) is 29.8 Å². The molecular formula is C16H18N2O3. The van der Waals surface area contributed by atoms with Gasteiger partial charge in [0.25, 0.3) is 0 Å². The van der Waals surface area contributed by atoms with Gasteiger partial charge in [-0.05, 0) is 37.6 Å². The molecule has 0 bridgehead atoms. The summed E-state index contributed by atoms with van der Waals surface area (Å²) in [6.07, 6.45) is 6.44. The van der Waals surface area contributed by atoms with E-state index >= 15 is 0 Å². The van der Waals surface area contributed by atoms with Crippen molar-refractivity contribution >= 4 is 11.9 Å². The number of rotatable bonds is 6. The van der Waals surface area contributed by atoms with Gasteiger partial charge in [-0.15, -0.1) is 0 Å². The molecule has 1 aromatic carbocycles. The van der Waals surface area contributed by atoms with Crippen LogP contribution in [0.3, 0.4) is 0 Å². The van der Waals surface area contributed by atoms with Crippen LogP contribution in [0, 0.1) is 0 Å². The Hall–Kier alpha value is -2.56. The van der Waals surface area contributed by atoms with Gasteiger partial charge in [-0.25, -0.2) is 0 Å². The molecule has 5 heteroatoms. The summed E-state index contributed by atoms with van der Waals surface area (Å²) >= 11 is 0. The van der Waals surface area contributed by atoms with Gasteiger partial charge in [0.15, 0.2) is 17.3 Å². The van der Waals surface area contributed by atoms with Crippen LogP contribution in [0.25, 0.3) is 6.08 Å². The van der Waals surface area contributed by atoms with E-state index in [1.54, 1.807) is 41.4 Å². The summed E-state index contributed by atoms with van der Waals surface area (Å²) in [5.41, 5.74) is 1.34. The van der Waals surface area contributed by atoms with Gasteiger partial charge >= 0.3 is 0 Å².